The minimum Gasteiger partial charge on any atom is -0.497 e. The first-order valence-corrected chi connectivity index (χ1v) is 14.7. The lowest BCUT2D eigenvalue weighted by atomic mass is 9.48. The normalized spacial score (nSPS) is 26.2. The number of hydrogen-bond acceptors (Lipinski definition) is 4. The van der Waals surface area contributed by atoms with Gasteiger partial charge in [-0.3, -0.25) is 9.59 Å². The third-order valence-electron chi connectivity index (χ3n) is 9.43. The zero-order chi connectivity index (χ0) is 27.2. The van der Waals surface area contributed by atoms with Gasteiger partial charge >= 0.3 is 0 Å². The molecule has 206 valence electrons. The molecule has 4 rings (SSSR count). The molecule has 0 saturated heterocycles. The second kappa shape index (κ2) is 12.5. The Morgan fingerprint density at radius 3 is 2.55 bits per heavy atom. The number of ketones is 1. The number of carbonyl (C=O) groups excluding carboxylic acids is 2. The summed E-state index contributed by atoms with van der Waals surface area (Å²) in [4.78, 5) is 25.8. The van der Waals surface area contributed by atoms with Crippen LogP contribution < -0.4 is 15.8 Å². The molecule has 5 nitrogen and oxygen atoms in total. The van der Waals surface area contributed by atoms with Gasteiger partial charge in [0.1, 0.15) is 11.5 Å². The van der Waals surface area contributed by atoms with Crippen LogP contribution in [0.1, 0.15) is 105 Å². The first kappa shape index (κ1) is 28.4. The molecule has 0 radical (unpaired) electrons. The summed E-state index contributed by atoms with van der Waals surface area (Å²) in [5, 5.41) is 3.03. The van der Waals surface area contributed by atoms with E-state index in [4.69, 9.17) is 10.5 Å². The van der Waals surface area contributed by atoms with E-state index in [-0.39, 0.29) is 28.7 Å². The molecule has 2 aromatic rings. The van der Waals surface area contributed by atoms with Crippen molar-refractivity contribution in [1.82, 2.24) is 5.32 Å². The largest absolute Gasteiger partial charge is 0.497 e. The Balaban J connectivity index is 1.39. The molecule has 0 aromatic heterocycles. The Morgan fingerprint density at radius 1 is 1.05 bits per heavy atom. The fourth-order valence-corrected chi connectivity index (χ4v) is 7.29. The van der Waals surface area contributed by atoms with Crippen molar-refractivity contribution in [2.75, 3.05) is 13.7 Å². The molecule has 3 N–H and O–H groups in total. The summed E-state index contributed by atoms with van der Waals surface area (Å²) < 4.78 is 5.48. The molecule has 1 saturated carbocycles. The van der Waals surface area contributed by atoms with Gasteiger partial charge in [-0.05, 0) is 86.3 Å². The number of fused-ring (bicyclic) bond motifs is 3. The van der Waals surface area contributed by atoms with E-state index in [1.807, 2.05) is 30.3 Å². The van der Waals surface area contributed by atoms with Crippen LogP contribution in [-0.4, -0.2) is 30.9 Å². The fourth-order valence-electron chi connectivity index (χ4n) is 7.29. The van der Waals surface area contributed by atoms with Gasteiger partial charge in [0.05, 0.1) is 7.11 Å². The van der Waals surface area contributed by atoms with E-state index in [1.165, 1.54) is 11.1 Å². The Hall–Kier alpha value is -2.66. The minimum atomic E-state index is -0.359. The fraction of sp³-hybridized carbons (Fsp3) is 0.576. The molecule has 4 atom stereocenters. The van der Waals surface area contributed by atoms with Crippen molar-refractivity contribution in [3.05, 3.63) is 65.2 Å². The van der Waals surface area contributed by atoms with E-state index in [0.29, 0.717) is 24.3 Å². The van der Waals surface area contributed by atoms with Crippen molar-refractivity contribution in [2.24, 2.45) is 17.1 Å². The molecule has 38 heavy (non-hydrogen) atoms. The Kier molecular flexibility index (Phi) is 9.30. The maximum Gasteiger partial charge on any atom is 0.251 e. The van der Waals surface area contributed by atoms with Crippen molar-refractivity contribution in [1.29, 1.82) is 0 Å². The van der Waals surface area contributed by atoms with Crippen LogP contribution >= 0.6 is 0 Å². The molecule has 0 spiro atoms. The summed E-state index contributed by atoms with van der Waals surface area (Å²) in [5.74, 6) is 1.77. The van der Waals surface area contributed by atoms with Crippen molar-refractivity contribution >= 4 is 11.7 Å². The van der Waals surface area contributed by atoms with Crippen molar-refractivity contribution in [3.8, 4) is 5.75 Å². The molecule has 0 bridgehead atoms. The van der Waals surface area contributed by atoms with Crippen LogP contribution in [0.4, 0.5) is 0 Å². The van der Waals surface area contributed by atoms with E-state index in [2.05, 4.69) is 37.4 Å². The number of hydrogen-bond donors (Lipinski definition) is 2. The van der Waals surface area contributed by atoms with Crippen LogP contribution in [0.3, 0.4) is 0 Å². The van der Waals surface area contributed by atoms with Crippen LogP contribution in [0.25, 0.3) is 0 Å². The van der Waals surface area contributed by atoms with E-state index < -0.39 is 0 Å². The minimum absolute atomic E-state index is 0.00989. The number of nitrogens with one attached hydrogen (secondary N) is 1. The maximum absolute atomic E-state index is 13.5. The first-order valence-electron chi connectivity index (χ1n) is 14.7. The predicted molar refractivity (Wildman–Crippen MR) is 154 cm³/mol. The van der Waals surface area contributed by atoms with E-state index in [9.17, 15) is 9.59 Å². The Labute approximate surface area is 228 Å². The number of ether oxygens (including phenoxy) is 1. The molecular weight excluding hydrogens is 472 g/mol. The van der Waals surface area contributed by atoms with Gasteiger partial charge in [0, 0.05) is 35.4 Å². The number of unbranched alkanes of at least 4 members (excludes halogenated alkanes) is 3. The standard InChI is InChI=1S/C33H46N2O3/c1-4-12-30(36)32(2)20-19-28-27-17-16-26(38-3)23-25(27)18-21-33(28,34)29(32)15-10-5-6-11-22-35-31(37)24-13-8-7-9-14-24/h7-9,13-14,16-17,23,28-29H,4-6,10-12,15,18-22,34H2,1-3H3,(H,35,37). The third-order valence-corrected chi connectivity index (χ3v) is 9.43. The average molecular weight is 519 g/mol. The molecule has 1 amide bonds. The van der Waals surface area contributed by atoms with Crippen LogP contribution in [0.5, 0.6) is 5.75 Å². The van der Waals surface area contributed by atoms with Gasteiger partial charge in [0.15, 0.2) is 0 Å². The number of amides is 1. The highest BCUT2D eigenvalue weighted by atomic mass is 16.5. The number of rotatable bonds is 12. The average Bonchev–Trinajstić information content (AvgIpc) is 2.93. The molecule has 2 aromatic carbocycles. The van der Waals surface area contributed by atoms with Gasteiger partial charge in [-0.25, -0.2) is 0 Å². The molecule has 0 heterocycles. The van der Waals surface area contributed by atoms with E-state index in [1.54, 1.807) is 7.11 Å². The number of aryl methyl sites for hydroxylation is 1. The Bertz CT molecular complexity index is 1100. The van der Waals surface area contributed by atoms with Gasteiger partial charge in [-0.15, -0.1) is 0 Å². The summed E-state index contributed by atoms with van der Waals surface area (Å²) >= 11 is 0. The Morgan fingerprint density at radius 2 is 1.82 bits per heavy atom. The summed E-state index contributed by atoms with van der Waals surface area (Å²) in [5.41, 5.74) is 10.1. The maximum atomic E-state index is 13.5. The van der Waals surface area contributed by atoms with Gasteiger partial charge in [0.2, 0.25) is 0 Å². The highest BCUT2D eigenvalue weighted by Gasteiger charge is 2.57. The van der Waals surface area contributed by atoms with Crippen molar-refractivity contribution < 1.29 is 14.3 Å². The van der Waals surface area contributed by atoms with Gasteiger partial charge in [0.25, 0.3) is 5.91 Å². The van der Waals surface area contributed by atoms with Crippen LogP contribution in [-0.2, 0) is 11.2 Å². The number of nitrogens with two attached hydrogens (primary N) is 1. The monoisotopic (exact) mass is 518 g/mol. The van der Waals surface area contributed by atoms with Gasteiger partial charge in [-0.2, -0.15) is 0 Å². The second-order valence-electron chi connectivity index (χ2n) is 11.7. The number of benzene rings is 2. The lowest BCUT2D eigenvalue weighted by molar-refractivity contribution is -0.137. The van der Waals surface area contributed by atoms with Crippen molar-refractivity contribution in [3.63, 3.8) is 0 Å². The highest BCUT2D eigenvalue weighted by Crippen LogP contribution is 2.58. The quantitative estimate of drug-likeness (QED) is 0.311. The zero-order valence-corrected chi connectivity index (χ0v) is 23.6. The molecule has 2 aliphatic carbocycles. The number of Topliss-reactive ketones (excluding diaryl/α,β-unsaturated/α-hetero) is 1. The summed E-state index contributed by atoms with van der Waals surface area (Å²) in [6, 6.07) is 15.8. The van der Waals surface area contributed by atoms with Gasteiger partial charge in [-0.1, -0.05) is 57.4 Å². The van der Waals surface area contributed by atoms with Crippen LogP contribution in [0.15, 0.2) is 48.5 Å². The predicted octanol–water partition coefficient (Wildman–Crippen LogP) is 6.59. The molecule has 5 heteroatoms. The molecule has 1 fully saturated rings. The molecule has 0 aliphatic heterocycles. The third kappa shape index (κ3) is 5.83. The zero-order valence-electron chi connectivity index (χ0n) is 23.6. The smallest absolute Gasteiger partial charge is 0.251 e. The van der Waals surface area contributed by atoms with E-state index >= 15 is 0 Å². The second-order valence-corrected chi connectivity index (χ2v) is 11.7. The summed E-state index contributed by atoms with van der Waals surface area (Å²) in [6.45, 7) is 5.00. The summed E-state index contributed by atoms with van der Waals surface area (Å²) in [6.07, 6.45) is 10.4. The molecule has 4 unspecified atom stereocenters. The van der Waals surface area contributed by atoms with Crippen LogP contribution in [0.2, 0.25) is 0 Å². The van der Waals surface area contributed by atoms with Crippen molar-refractivity contribution in [2.45, 2.75) is 95.9 Å². The molecular formula is C33H46N2O3. The van der Waals surface area contributed by atoms with E-state index in [0.717, 1.165) is 70.0 Å². The first-order chi connectivity index (χ1) is 18.3. The highest BCUT2D eigenvalue weighted by molar-refractivity contribution is 5.94. The molecule has 2 aliphatic rings. The number of carbonyl (C=O) groups is 2. The number of methoxy groups -OCH3 is 1. The topological polar surface area (TPSA) is 81.4 Å². The lowest BCUT2D eigenvalue weighted by Gasteiger charge is -2.57. The lowest BCUT2D eigenvalue weighted by Crippen LogP contribution is -2.63. The summed E-state index contributed by atoms with van der Waals surface area (Å²) in [7, 11) is 1.72. The van der Waals surface area contributed by atoms with Crippen LogP contribution in [0, 0.1) is 11.3 Å². The van der Waals surface area contributed by atoms with Gasteiger partial charge < -0.3 is 15.8 Å². The SMILES string of the molecule is CCCC(=O)C1(C)CCC2c3ccc(OC)cc3CCC2(N)C1CCCCCCNC(=O)c1ccccc1.